The third-order valence-electron chi connectivity index (χ3n) is 2.37. The summed E-state index contributed by atoms with van der Waals surface area (Å²) < 4.78 is 0.537. The molecule has 19 heavy (non-hydrogen) atoms. The standard InChI is InChI=1S/C12H12BrNO5/c13-8-4-2-1-3-7(8)11(17)14-9(12(18)19)5-6-10(15)16/h1-4,9H,5-6H2,(H,14,17)(H,15,16)(H,18,19). The summed E-state index contributed by atoms with van der Waals surface area (Å²) in [6.07, 6.45) is -0.492. The SMILES string of the molecule is O=C(O)CCC(NC(=O)c1ccccc1Br)C(=O)O. The van der Waals surface area contributed by atoms with Gasteiger partial charge in [-0.2, -0.15) is 0 Å². The van der Waals surface area contributed by atoms with E-state index in [1.165, 1.54) is 6.07 Å². The maximum atomic E-state index is 11.9. The number of benzene rings is 1. The number of halogens is 1. The largest absolute Gasteiger partial charge is 0.481 e. The molecule has 6 nitrogen and oxygen atoms in total. The lowest BCUT2D eigenvalue weighted by Gasteiger charge is -2.14. The number of carbonyl (C=O) groups excluding carboxylic acids is 1. The first kappa shape index (κ1) is 15.2. The van der Waals surface area contributed by atoms with E-state index in [0.29, 0.717) is 10.0 Å². The van der Waals surface area contributed by atoms with Crippen LogP contribution in [0.25, 0.3) is 0 Å². The number of hydrogen-bond acceptors (Lipinski definition) is 3. The molecule has 0 radical (unpaired) electrons. The van der Waals surface area contributed by atoms with Crippen LogP contribution in [0, 0.1) is 0 Å². The first-order valence-electron chi connectivity index (χ1n) is 5.42. The minimum atomic E-state index is -1.26. The quantitative estimate of drug-likeness (QED) is 0.733. The number of nitrogens with one attached hydrogen (secondary N) is 1. The third-order valence-corrected chi connectivity index (χ3v) is 3.06. The molecule has 0 aliphatic carbocycles. The Balaban J connectivity index is 2.74. The Kier molecular flexibility index (Phi) is 5.50. The fourth-order valence-electron chi connectivity index (χ4n) is 1.41. The van der Waals surface area contributed by atoms with E-state index in [1.54, 1.807) is 18.2 Å². The minimum absolute atomic E-state index is 0.166. The van der Waals surface area contributed by atoms with Crippen LogP contribution < -0.4 is 5.32 Å². The Morgan fingerprint density at radius 1 is 1.21 bits per heavy atom. The van der Waals surface area contributed by atoms with Crippen molar-refractivity contribution in [3.63, 3.8) is 0 Å². The molecule has 7 heteroatoms. The lowest BCUT2D eigenvalue weighted by Crippen LogP contribution is -2.41. The molecule has 0 aliphatic heterocycles. The van der Waals surface area contributed by atoms with Crippen LogP contribution in [0.1, 0.15) is 23.2 Å². The second-order valence-corrected chi connectivity index (χ2v) is 4.63. The van der Waals surface area contributed by atoms with Gasteiger partial charge in [-0.05, 0) is 34.5 Å². The van der Waals surface area contributed by atoms with E-state index < -0.39 is 23.9 Å². The summed E-state index contributed by atoms with van der Waals surface area (Å²) in [5.41, 5.74) is 0.295. The molecular formula is C12H12BrNO5. The molecule has 3 N–H and O–H groups in total. The first-order valence-corrected chi connectivity index (χ1v) is 6.21. The maximum Gasteiger partial charge on any atom is 0.326 e. The molecule has 0 bridgehead atoms. The summed E-state index contributed by atoms with van der Waals surface area (Å²) in [6, 6.07) is 5.33. The van der Waals surface area contributed by atoms with Gasteiger partial charge in [0.2, 0.25) is 0 Å². The molecule has 102 valence electrons. The molecule has 1 rings (SSSR count). The second kappa shape index (κ2) is 6.89. The van der Waals surface area contributed by atoms with Crippen LogP contribution in [0.5, 0.6) is 0 Å². The molecule has 0 saturated carbocycles. The average molecular weight is 330 g/mol. The van der Waals surface area contributed by atoms with Crippen molar-refractivity contribution in [3.8, 4) is 0 Å². The Morgan fingerprint density at radius 3 is 2.37 bits per heavy atom. The van der Waals surface area contributed by atoms with Crippen molar-refractivity contribution in [3.05, 3.63) is 34.3 Å². The number of carbonyl (C=O) groups is 3. The van der Waals surface area contributed by atoms with Crippen LogP contribution in [-0.4, -0.2) is 34.1 Å². The van der Waals surface area contributed by atoms with Gasteiger partial charge in [0.15, 0.2) is 0 Å². The van der Waals surface area contributed by atoms with Gasteiger partial charge in [0, 0.05) is 10.9 Å². The summed E-state index contributed by atoms with van der Waals surface area (Å²) in [6.45, 7) is 0. The van der Waals surface area contributed by atoms with Crippen LogP contribution in [0.4, 0.5) is 0 Å². The van der Waals surface area contributed by atoms with Gasteiger partial charge in [0.25, 0.3) is 5.91 Å². The van der Waals surface area contributed by atoms with Crippen LogP contribution >= 0.6 is 15.9 Å². The fraction of sp³-hybridized carbons (Fsp3) is 0.250. The van der Waals surface area contributed by atoms with Crippen LogP contribution in [0.2, 0.25) is 0 Å². The third kappa shape index (κ3) is 4.70. The Labute approximate surface area is 117 Å². The van der Waals surface area contributed by atoms with E-state index in [1.807, 2.05) is 0 Å². The summed E-state index contributed by atoms with van der Waals surface area (Å²) >= 11 is 3.18. The van der Waals surface area contributed by atoms with E-state index in [2.05, 4.69) is 21.2 Å². The van der Waals surface area contributed by atoms with Gasteiger partial charge >= 0.3 is 11.9 Å². The van der Waals surface area contributed by atoms with Gasteiger partial charge in [-0.1, -0.05) is 12.1 Å². The highest BCUT2D eigenvalue weighted by atomic mass is 79.9. The zero-order chi connectivity index (χ0) is 14.4. The van der Waals surface area contributed by atoms with Gasteiger partial charge in [-0.15, -0.1) is 0 Å². The second-order valence-electron chi connectivity index (χ2n) is 3.78. The highest BCUT2D eigenvalue weighted by Gasteiger charge is 2.22. The monoisotopic (exact) mass is 329 g/mol. The minimum Gasteiger partial charge on any atom is -0.481 e. The molecule has 1 amide bonds. The van der Waals surface area contributed by atoms with Gasteiger partial charge in [-0.25, -0.2) is 4.79 Å². The molecular weight excluding hydrogens is 318 g/mol. The molecule has 1 unspecified atom stereocenters. The van der Waals surface area contributed by atoms with E-state index in [9.17, 15) is 14.4 Å². The first-order chi connectivity index (χ1) is 8.91. The normalized spacial score (nSPS) is 11.6. The Morgan fingerprint density at radius 2 is 1.84 bits per heavy atom. The smallest absolute Gasteiger partial charge is 0.326 e. The molecule has 1 atom stereocenters. The van der Waals surface area contributed by atoms with Crippen molar-refractivity contribution >= 4 is 33.8 Å². The molecule has 0 saturated heterocycles. The highest BCUT2D eigenvalue weighted by Crippen LogP contribution is 2.16. The van der Waals surface area contributed by atoms with Crippen LogP contribution in [-0.2, 0) is 9.59 Å². The molecule has 0 heterocycles. The Bertz CT molecular complexity index is 503. The number of rotatable bonds is 6. The number of carboxylic acids is 2. The predicted octanol–water partition coefficient (Wildman–Crippen LogP) is 1.50. The summed E-state index contributed by atoms with van der Waals surface area (Å²) in [7, 11) is 0. The number of amides is 1. The molecule has 1 aromatic rings. The number of hydrogen-bond donors (Lipinski definition) is 3. The van der Waals surface area contributed by atoms with Crippen molar-refractivity contribution < 1.29 is 24.6 Å². The van der Waals surface area contributed by atoms with Gasteiger partial charge in [-0.3, -0.25) is 9.59 Å². The highest BCUT2D eigenvalue weighted by molar-refractivity contribution is 9.10. The van der Waals surface area contributed by atoms with E-state index in [0.717, 1.165) is 0 Å². The fourth-order valence-corrected chi connectivity index (χ4v) is 1.87. The maximum absolute atomic E-state index is 11.9. The molecule has 0 fully saturated rings. The summed E-state index contributed by atoms with van der Waals surface area (Å²) in [5.74, 6) is -2.94. The topological polar surface area (TPSA) is 104 Å². The van der Waals surface area contributed by atoms with E-state index >= 15 is 0 Å². The van der Waals surface area contributed by atoms with Crippen molar-refractivity contribution in [1.29, 1.82) is 0 Å². The van der Waals surface area contributed by atoms with Gasteiger partial charge in [0.05, 0.1) is 5.56 Å². The van der Waals surface area contributed by atoms with E-state index in [-0.39, 0.29) is 12.8 Å². The zero-order valence-corrected chi connectivity index (χ0v) is 11.4. The van der Waals surface area contributed by atoms with Crippen molar-refractivity contribution in [2.24, 2.45) is 0 Å². The van der Waals surface area contributed by atoms with Crippen molar-refractivity contribution in [2.75, 3.05) is 0 Å². The zero-order valence-electron chi connectivity index (χ0n) is 9.80. The molecule has 0 spiro atoms. The van der Waals surface area contributed by atoms with Crippen molar-refractivity contribution in [2.45, 2.75) is 18.9 Å². The summed E-state index contributed by atoms with van der Waals surface area (Å²) in [5, 5.41) is 19.8. The van der Waals surface area contributed by atoms with Gasteiger partial charge in [0.1, 0.15) is 6.04 Å². The molecule has 1 aromatic carbocycles. The predicted molar refractivity (Wildman–Crippen MR) is 69.9 cm³/mol. The molecule has 0 aromatic heterocycles. The lowest BCUT2D eigenvalue weighted by atomic mass is 10.1. The number of aliphatic carboxylic acids is 2. The lowest BCUT2D eigenvalue weighted by molar-refractivity contribution is -0.140. The molecule has 0 aliphatic rings. The van der Waals surface area contributed by atoms with Crippen LogP contribution in [0.15, 0.2) is 28.7 Å². The average Bonchev–Trinajstić information content (AvgIpc) is 2.34. The Hall–Kier alpha value is -1.89. The number of carboxylic acid groups (broad SMARTS) is 2. The summed E-state index contributed by atoms with van der Waals surface area (Å²) in [4.78, 5) is 33.2. The van der Waals surface area contributed by atoms with E-state index in [4.69, 9.17) is 10.2 Å². The van der Waals surface area contributed by atoms with Gasteiger partial charge < -0.3 is 15.5 Å². The van der Waals surface area contributed by atoms with Crippen LogP contribution in [0.3, 0.4) is 0 Å². The van der Waals surface area contributed by atoms with Crippen molar-refractivity contribution in [1.82, 2.24) is 5.32 Å².